The van der Waals surface area contributed by atoms with Crippen molar-refractivity contribution in [3.05, 3.63) is 48.4 Å². The summed E-state index contributed by atoms with van der Waals surface area (Å²) in [5.74, 6) is 1.07. The number of carbonyl (C=O) groups excluding carboxylic acids is 1. The minimum Gasteiger partial charge on any atom is -0.469 e. The van der Waals surface area contributed by atoms with Gasteiger partial charge >= 0.3 is 0 Å². The molecule has 5 nitrogen and oxygen atoms in total. The molecule has 0 unspecified atom stereocenters. The summed E-state index contributed by atoms with van der Waals surface area (Å²) in [4.78, 5) is 16.4. The van der Waals surface area contributed by atoms with Crippen LogP contribution in [-0.2, 0) is 11.2 Å². The Hall–Kier alpha value is -2.43. The van der Waals surface area contributed by atoms with Crippen molar-refractivity contribution in [2.45, 2.75) is 12.8 Å². The number of nitrogens with zero attached hydrogens (tertiary/aromatic N) is 2. The number of hydrogen-bond donors (Lipinski definition) is 1. The van der Waals surface area contributed by atoms with Crippen LogP contribution in [0.4, 0.5) is 11.4 Å². The molecule has 0 radical (unpaired) electrons. The second kappa shape index (κ2) is 6.56. The van der Waals surface area contributed by atoms with Gasteiger partial charge in [0.2, 0.25) is 5.91 Å². The first-order chi connectivity index (χ1) is 10.7. The molecule has 1 aliphatic heterocycles. The zero-order valence-electron chi connectivity index (χ0n) is 12.6. The quantitative estimate of drug-likeness (QED) is 0.879. The van der Waals surface area contributed by atoms with Crippen molar-refractivity contribution in [3.63, 3.8) is 0 Å². The minimum absolute atomic E-state index is 0.198. The van der Waals surface area contributed by atoms with Gasteiger partial charge in [0.05, 0.1) is 6.26 Å². The summed E-state index contributed by atoms with van der Waals surface area (Å²) < 4.78 is 5.27. The first-order valence-corrected chi connectivity index (χ1v) is 7.63. The molecular weight excluding hydrogens is 278 g/mol. The molecule has 5 heteroatoms. The second-order valence-electron chi connectivity index (χ2n) is 5.54. The van der Waals surface area contributed by atoms with E-state index in [0.717, 1.165) is 43.3 Å². The average molecular weight is 299 g/mol. The molecule has 0 spiro atoms. The lowest BCUT2D eigenvalue weighted by molar-refractivity contribution is -0.131. The van der Waals surface area contributed by atoms with Gasteiger partial charge in [0, 0.05) is 50.4 Å². The standard InChI is InChI=1S/C17H21N3O2/c18-14-3-1-4-15(13-14)19-8-10-20(11-9-19)17(21)7-6-16-5-2-12-22-16/h1-5,12-13H,6-11,18H2. The Morgan fingerprint density at radius 3 is 2.64 bits per heavy atom. The van der Waals surface area contributed by atoms with Crippen LogP contribution < -0.4 is 10.6 Å². The topological polar surface area (TPSA) is 62.7 Å². The van der Waals surface area contributed by atoms with Gasteiger partial charge in [-0.3, -0.25) is 4.79 Å². The van der Waals surface area contributed by atoms with E-state index in [2.05, 4.69) is 11.0 Å². The number of nitrogens with two attached hydrogens (primary N) is 1. The molecule has 2 N–H and O–H groups in total. The summed E-state index contributed by atoms with van der Waals surface area (Å²) >= 11 is 0. The number of amides is 1. The number of carbonyl (C=O) groups is 1. The van der Waals surface area contributed by atoms with Crippen LogP contribution in [0.1, 0.15) is 12.2 Å². The third kappa shape index (κ3) is 3.42. The highest BCUT2D eigenvalue weighted by atomic mass is 16.3. The Morgan fingerprint density at radius 2 is 1.95 bits per heavy atom. The van der Waals surface area contributed by atoms with Crippen LogP contribution in [-0.4, -0.2) is 37.0 Å². The molecular formula is C17H21N3O2. The maximum absolute atomic E-state index is 12.2. The largest absolute Gasteiger partial charge is 0.469 e. The van der Waals surface area contributed by atoms with E-state index in [9.17, 15) is 4.79 Å². The number of rotatable bonds is 4. The van der Waals surface area contributed by atoms with Gasteiger partial charge in [-0.25, -0.2) is 0 Å². The van der Waals surface area contributed by atoms with Crippen LogP contribution in [0, 0.1) is 0 Å². The highest BCUT2D eigenvalue weighted by Crippen LogP contribution is 2.19. The number of aryl methyl sites for hydroxylation is 1. The number of benzene rings is 1. The number of hydrogen-bond acceptors (Lipinski definition) is 4. The number of piperazine rings is 1. The minimum atomic E-state index is 0.198. The van der Waals surface area contributed by atoms with Crippen LogP contribution in [0.5, 0.6) is 0 Å². The van der Waals surface area contributed by atoms with E-state index < -0.39 is 0 Å². The molecule has 0 atom stereocenters. The van der Waals surface area contributed by atoms with Crippen LogP contribution in [0.25, 0.3) is 0 Å². The predicted octanol–water partition coefficient (Wildman–Crippen LogP) is 2.14. The van der Waals surface area contributed by atoms with Gasteiger partial charge < -0.3 is 20.0 Å². The van der Waals surface area contributed by atoms with Crippen molar-refractivity contribution in [2.75, 3.05) is 36.8 Å². The Kier molecular flexibility index (Phi) is 4.32. The second-order valence-corrected chi connectivity index (χ2v) is 5.54. The molecule has 2 aromatic rings. The molecule has 0 saturated carbocycles. The fraction of sp³-hybridized carbons (Fsp3) is 0.353. The lowest BCUT2D eigenvalue weighted by Crippen LogP contribution is -2.48. The molecule has 1 saturated heterocycles. The lowest BCUT2D eigenvalue weighted by Gasteiger charge is -2.36. The molecule has 22 heavy (non-hydrogen) atoms. The molecule has 1 aromatic carbocycles. The number of furan rings is 1. The summed E-state index contributed by atoms with van der Waals surface area (Å²) in [6.45, 7) is 3.20. The average Bonchev–Trinajstić information content (AvgIpc) is 3.06. The molecule has 2 heterocycles. The number of anilines is 2. The maximum Gasteiger partial charge on any atom is 0.223 e. The molecule has 1 aromatic heterocycles. The molecule has 1 fully saturated rings. The third-order valence-corrected chi connectivity index (χ3v) is 4.03. The zero-order valence-corrected chi connectivity index (χ0v) is 12.6. The summed E-state index contributed by atoms with van der Waals surface area (Å²) in [5.41, 5.74) is 7.73. The van der Waals surface area contributed by atoms with Crippen molar-refractivity contribution in [2.24, 2.45) is 0 Å². The van der Waals surface area contributed by atoms with Gasteiger partial charge in [0.25, 0.3) is 0 Å². The highest BCUT2D eigenvalue weighted by Gasteiger charge is 2.21. The highest BCUT2D eigenvalue weighted by molar-refractivity contribution is 5.76. The van der Waals surface area contributed by atoms with Crippen molar-refractivity contribution >= 4 is 17.3 Å². The van der Waals surface area contributed by atoms with Crippen molar-refractivity contribution < 1.29 is 9.21 Å². The smallest absolute Gasteiger partial charge is 0.223 e. The molecule has 0 aliphatic carbocycles. The van der Waals surface area contributed by atoms with Crippen LogP contribution in [0.2, 0.25) is 0 Å². The predicted molar refractivity (Wildman–Crippen MR) is 86.7 cm³/mol. The lowest BCUT2D eigenvalue weighted by atomic mass is 10.2. The Labute approximate surface area is 130 Å². The Balaban J connectivity index is 1.49. The van der Waals surface area contributed by atoms with Crippen molar-refractivity contribution in [3.8, 4) is 0 Å². The summed E-state index contributed by atoms with van der Waals surface area (Å²) in [5, 5.41) is 0. The normalized spacial score (nSPS) is 15.1. The van der Waals surface area contributed by atoms with Gasteiger partial charge in [0.1, 0.15) is 5.76 Å². The Bertz CT molecular complexity index is 617. The van der Waals surface area contributed by atoms with E-state index in [-0.39, 0.29) is 5.91 Å². The van der Waals surface area contributed by atoms with E-state index >= 15 is 0 Å². The van der Waals surface area contributed by atoms with Crippen LogP contribution in [0.3, 0.4) is 0 Å². The van der Waals surface area contributed by atoms with E-state index in [1.54, 1.807) is 6.26 Å². The number of nitrogen functional groups attached to an aromatic ring is 1. The molecule has 1 amide bonds. The Morgan fingerprint density at radius 1 is 1.14 bits per heavy atom. The third-order valence-electron chi connectivity index (χ3n) is 4.03. The first-order valence-electron chi connectivity index (χ1n) is 7.63. The van der Waals surface area contributed by atoms with E-state index in [1.807, 2.05) is 35.2 Å². The van der Waals surface area contributed by atoms with Gasteiger partial charge in [-0.15, -0.1) is 0 Å². The van der Waals surface area contributed by atoms with Gasteiger partial charge in [0.15, 0.2) is 0 Å². The first kappa shape index (κ1) is 14.5. The van der Waals surface area contributed by atoms with Crippen molar-refractivity contribution in [1.29, 1.82) is 0 Å². The molecule has 116 valence electrons. The zero-order chi connectivity index (χ0) is 15.4. The maximum atomic E-state index is 12.2. The van der Waals surface area contributed by atoms with Crippen LogP contribution in [0.15, 0.2) is 47.1 Å². The van der Waals surface area contributed by atoms with E-state index in [4.69, 9.17) is 10.2 Å². The molecule has 3 rings (SSSR count). The SMILES string of the molecule is Nc1cccc(N2CCN(C(=O)CCc3ccco3)CC2)c1. The fourth-order valence-electron chi connectivity index (χ4n) is 2.78. The van der Waals surface area contributed by atoms with Crippen molar-refractivity contribution in [1.82, 2.24) is 4.90 Å². The fourth-order valence-corrected chi connectivity index (χ4v) is 2.78. The molecule has 0 bridgehead atoms. The summed E-state index contributed by atoms with van der Waals surface area (Å²) in [6, 6.07) is 11.7. The van der Waals surface area contributed by atoms with E-state index in [0.29, 0.717) is 12.8 Å². The molecule has 1 aliphatic rings. The van der Waals surface area contributed by atoms with Crippen LogP contribution >= 0.6 is 0 Å². The van der Waals surface area contributed by atoms with Gasteiger partial charge in [-0.05, 0) is 30.3 Å². The monoisotopic (exact) mass is 299 g/mol. The van der Waals surface area contributed by atoms with Gasteiger partial charge in [-0.1, -0.05) is 6.07 Å². The summed E-state index contributed by atoms with van der Waals surface area (Å²) in [7, 11) is 0. The van der Waals surface area contributed by atoms with Gasteiger partial charge in [-0.2, -0.15) is 0 Å². The van der Waals surface area contributed by atoms with E-state index in [1.165, 1.54) is 0 Å². The summed E-state index contributed by atoms with van der Waals surface area (Å²) in [6.07, 6.45) is 2.82.